The number of aliphatic hydroxyl groups excluding tert-OH is 1. The number of carbonyl (C=O) groups is 1. The van der Waals surface area contributed by atoms with E-state index in [1.807, 2.05) is 11.8 Å². The number of aliphatic hydroxyl groups is 1. The van der Waals surface area contributed by atoms with Gasteiger partial charge in [0.1, 0.15) is 0 Å². The molecule has 0 aromatic rings. The Morgan fingerprint density at radius 3 is 2.20 bits per heavy atom. The highest BCUT2D eigenvalue weighted by atomic mass is 32.2. The zero-order valence-corrected chi connectivity index (χ0v) is 11.5. The van der Waals surface area contributed by atoms with E-state index in [9.17, 15) is 4.79 Å². The van der Waals surface area contributed by atoms with Crippen molar-refractivity contribution in [1.29, 1.82) is 0 Å². The highest BCUT2D eigenvalue weighted by molar-refractivity contribution is 8.14. The van der Waals surface area contributed by atoms with E-state index in [0.717, 1.165) is 28.8 Å². The Hall–Kier alpha value is 0.420. The summed E-state index contributed by atoms with van der Waals surface area (Å²) in [5.74, 6) is 4.85. The monoisotopic (exact) mass is 266 g/mol. The van der Waals surface area contributed by atoms with Crippen LogP contribution in [0.15, 0.2) is 12.2 Å². The second-order valence-corrected chi connectivity index (χ2v) is 6.38. The Morgan fingerprint density at radius 2 is 1.67 bits per heavy atom. The van der Waals surface area contributed by atoms with Crippen LogP contribution in [-0.2, 0) is 4.79 Å². The summed E-state index contributed by atoms with van der Waals surface area (Å²) in [4.78, 5) is 11.1. The predicted molar refractivity (Wildman–Crippen MR) is 74.0 cm³/mol. The second kappa shape index (κ2) is 10.9. The Kier molecular flexibility index (Phi) is 11.2. The Balaban J connectivity index is 3.11. The number of hydrogen-bond donors (Lipinski definition) is 1. The smallest absolute Gasteiger partial charge is 0.214 e. The van der Waals surface area contributed by atoms with Gasteiger partial charge in [0, 0.05) is 28.8 Å². The first kappa shape index (κ1) is 15.4. The van der Waals surface area contributed by atoms with Crippen LogP contribution in [-0.4, -0.2) is 45.6 Å². The molecule has 0 saturated carbocycles. The topological polar surface area (TPSA) is 37.3 Å². The van der Waals surface area contributed by atoms with Crippen molar-refractivity contribution < 1.29 is 9.90 Å². The van der Waals surface area contributed by atoms with Crippen molar-refractivity contribution in [3.05, 3.63) is 12.2 Å². The molecule has 5 heteroatoms. The van der Waals surface area contributed by atoms with Crippen molar-refractivity contribution in [2.24, 2.45) is 0 Å². The minimum Gasteiger partial charge on any atom is -0.396 e. The maximum Gasteiger partial charge on any atom is 0.214 e. The molecule has 0 heterocycles. The zero-order valence-electron chi connectivity index (χ0n) is 9.03. The molecule has 0 aliphatic heterocycles. The first-order valence-electron chi connectivity index (χ1n) is 4.77. The maximum atomic E-state index is 11.1. The molecular formula is C10H18O2S3. The van der Waals surface area contributed by atoms with Crippen LogP contribution in [0.1, 0.15) is 6.92 Å². The number of carbonyl (C=O) groups excluding carboxylic acids is 1. The standard InChI is InChI=1S/C10H18O2S3/c1-9(2)10(12)15-8-7-14-6-5-13-4-3-11/h11H,1,3-8H2,2H3. The van der Waals surface area contributed by atoms with E-state index in [2.05, 4.69) is 6.58 Å². The molecule has 0 rings (SSSR count). The van der Waals surface area contributed by atoms with Gasteiger partial charge in [0.25, 0.3) is 0 Å². The molecule has 0 aromatic carbocycles. The molecule has 0 spiro atoms. The van der Waals surface area contributed by atoms with Crippen LogP contribution in [0.2, 0.25) is 0 Å². The van der Waals surface area contributed by atoms with Gasteiger partial charge in [-0.15, -0.1) is 0 Å². The molecule has 88 valence electrons. The van der Waals surface area contributed by atoms with E-state index in [0.29, 0.717) is 5.57 Å². The van der Waals surface area contributed by atoms with Gasteiger partial charge in [-0.05, 0) is 12.5 Å². The van der Waals surface area contributed by atoms with E-state index >= 15 is 0 Å². The molecule has 0 bridgehead atoms. The van der Waals surface area contributed by atoms with Crippen LogP contribution in [0.3, 0.4) is 0 Å². The van der Waals surface area contributed by atoms with Crippen molar-refractivity contribution in [2.45, 2.75) is 6.92 Å². The van der Waals surface area contributed by atoms with Gasteiger partial charge in [-0.3, -0.25) is 4.79 Å². The lowest BCUT2D eigenvalue weighted by Gasteiger charge is -2.01. The molecule has 0 aliphatic carbocycles. The van der Waals surface area contributed by atoms with Gasteiger partial charge >= 0.3 is 0 Å². The van der Waals surface area contributed by atoms with Crippen molar-refractivity contribution in [3.63, 3.8) is 0 Å². The quantitative estimate of drug-likeness (QED) is 0.512. The van der Waals surface area contributed by atoms with Gasteiger partial charge in [-0.1, -0.05) is 18.3 Å². The Bertz CT molecular complexity index is 195. The van der Waals surface area contributed by atoms with Crippen LogP contribution in [0.4, 0.5) is 0 Å². The molecule has 0 radical (unpaired) electrons. The van der Waals surface area contributed by atoms with Gasteiger partial charge in [0.2, 0.25) is 5.12 Å². The van der Waals surface area contributed by atoms with Crippen LogP contribution in [0.25, 0.3) is 0 Å². The average molecular weight is 266 g/mol. The van der Waals surface area contributed by atoms with E-state index in [1.54, 1.807) is 18.7 Å². The molecule has 2 nitrogen and oxygen atoms in total. The van der Waals surface area contributed by atoms with Crippen molar-refractivity contribution in [1.82, 2.24) is 0 Å². The molecular weight excluding hydrogens is 248 g/mol. The van der Waals surface area contributed by atoms with E-state index < -0.39 is 0 Å². The SMILES string of the molecule is C=C(C)C(=O)SCCSCCSCCO. The summed E-state index contributed by atoms with van der Waals surface area (Å²) in [5.41, 5.74) is 0.628. The summed E-state index contributed by atoms with van der Waals surface area (Å²) in [6.45, 7) is 5.61. The third kappa shape index (κ3) is 10.7. The van der Waals surface area contributed by atoms with Gasteiger partial charge < -0.3 is 5.11 Å². The summed E-state index contributed by atoms with van der Waals surface area (Å²) >= 11 is 4.96. The molecule has 0 aliphatic rings. The molecule has 1 N–H and O–H groups in total. The molecule has 15 heavy (non-hydrogen) atoms. The second-order valence-electron chi connectivity index (χ2n) is 2.86. The van der Waals surface area contributed by atoms with E-state index in [4.69, 9.17) is 5.11 Å². The fraction of sp³-hybridized carbons (Fsp3) is 0.700. The van der Waals surface area contributed by atoms with Crippen LogP contribution in [0, 0.1) is 0 Å². The van der Waals surface area contributed by atoms with Crippen LogP contribution in [0.5, 0.6) is 0 Å². The summed E-state index contributed by atoms with van der Waals surface area (Å²) in [5, 5.41) is 8.65. The molecule has 0 aromatic heterocycles. The first-order valence-corrected chi connectivity index (χ1v) is 8.07. The zero-order chi connectivity index (χ0) is 11.5. The van der Waals surface area contributed by atoms with E-state index in [-0.39, 0.29) is 11.7 Å². The maximum absolute atomic E-state index is 11.1. The third-order valence-corrected chi connectivity index (χ3v) is 4.90. The summed E-state index contributed by atoms with van der Waals surface area (Å²) < 4.78 is 0. The van der Waals surface area contributed by atoms with E-state index in [1.165, 1.54) is 11.8 Å². The van der Waals surface area contributed by atoms with Crippen LogP contribution < -0.4 is 0 Å². The minimum absolute atomic E-state index is 0.102. The van der Waals surface area contributed by atoms with Crippen molar-refractivity contribution in [3.8, 4) is 0 Å². The minimum atomic E-state index is 0.102. The number of hydrogen-bond acceptors (Lipinski definition) is 5. The molecule has 0 fully saturated rings. The summed E-state index contributed by atoms with van der Waals surface area (Å²) in [7, 11) is 0. The Labute approximate surface area is 105 Å². The van der Waals surface area contributed by atoms with Gasteiger partial charge in [0.15, 0.2) is 0 Å². The largest absolute Gasteiger partial charge is 0.396 e. The highest BCUT2D eigenvalue weighted by Gasteiger charge is 2.01. The van der Waals surface area contributed by atoms with Crippen LogP contribution >= 0.6 is 35.3 Å². The lowest BCUT2D eigenvalue weighted by Crippen LogP contribution is -1.97. The average Bonchev–Trinajstić information content (AvgIpc) is 2.21. The lowest BCUT2D eigenvalue weighted by atomic mass is 10.4. The van der Waals surface area contributed by atoms with Crippen molar-refractivity contribution in [2.75, 3.05) is 35.4 Å². The fourth-order valence-corrected chi connectivity index (χ4v) is 3.42. The van der Waals surface area contributed by atoms with Crippen molar-refractivity contribution >= 4 is 40.4 Å². The van der Waals surface area contributed by atoms with Gasteiger partial charge in [-0.25, -0.2) is 0 Å². The number of rotatable bonds is 9. The summed E-state index contributed by atoms with van der Waals surface area (Å²) in [6.07, 6.45) is 0. The molecule has 0 amide bonds. The first-order chi connectivity index (χ1) is 7.18. The number of thioether (sulfide) groups is 3. The Morgan fingerprint density at radius 1 is 1.13 bits per heavy atom. The molecule has 0 unspecified atom stereocenters. The molecule has 0 atom stereocenters. The van der Waals surface area contributed by atoms with Gasteiger partial charge in [-0.2, -0.15) is 23.5 Å². The summed E-state index contributed by atoms with van der Waals surface area (Å²) in [6, 6.07) is 0. The normalized spacial score (nSPS) is 10.3. The highest BCUT2D eigenvalue weighted by Crippen LogP contribution is 2.12. The lowest BCUT2D eigenvalue weighted by molar-refractivity contribution is -0.107. The third-order valence-electron chi connectivity index (χ3n) is 1.42. The molecule has 0 saturated heterocycles. The fourth-order valence-electron chi connectivity index (χ4n) is 0.703. The predicted octanol–water partition coefficient (Wildman–Crippen LogP) is 2.28. The van der Waals surface area contributed by atoms with Gasteiger partial charge in [0.05, 0.1) is 6.61 Å².